The van der Waals surface area contributed by atoms with Crippen molar-refractivity contribution in [1.29, 1.82) is 0 Å². The van der Waals surface area contributed by atoms with Gasteiger partial charge in [-0.1, -0.05) is 31.8 Å². The fourth-order valence-electron chi connectivity index (χ4n) is 3.66. The molecular formula is C24H31ClN4O3Si. The maximum Gasteiger partial charge on any atom is 0.251 e. The average molecular weight is 487 g/mol. The minimum atomic E-state index is -1.18. The molecule has 1 aromatic carbocycles. The smallest absolute Gasteiger partial charge is 0.251 e. The van der Waals surface area contributed by atoms with Crippen LogP contribution in [-0.2, 0) is 11.5 Å². The lowest BCUT2D eigenvalue weighted by molar-refractivity contribution is 0.0898. The lowest BCUT2D eigenvalue weighted by atomic mass is 9.96. The summed E-state index contributed by atoms with van der Waals surface area (Å²) < 4.78 is 14.2. The molecular weight excluding hydrogens is 456 g/mol. The first-order valence-electron chi connectivity index (χ1n) is 11.4. The number of nitrogens with one attached hydrogen (secondary N) is 1. The highest BCUT2D eigenvalue weighted by Crippen LogP contribution is 2.38. The van der Waals surface area contributed by atoms with E-state index in [0.29, 0.717) is 30.4 Å². The highest BCUT2D eigenvalue weighted by molar-refractivity contribution is 6.76. The fraction of sp³-hybridized carbons (Fsp3) is 0.458. The molecule has 176 valence electrons. The number of carbonyl (C=O) groups excluding carboxylic acids is 1. The maximum absolute atomic E-state index is 12.0. The monoisotopic (exact) mass is 486 g/mol. The molecule has 0 aliphatic heterocycles. The topological polar surface area (TPSA) is 78.3 Å². The summed E-state index contributed by atoms with van der Waals surface area (Å²) in [4.78, 5) is 20.9. The molecule has 1 saturated carbocycles. The highest BCUT2D eigenvalue weighted by Gasteiger charge is 2.25. The van der Waals surface area contributed by atoms with Crippen LogP contribution in [0.4, 0.5) is 0 Å². The Morgan fingerprint density at radius 2 is 1.94 bits per heavy atom. The van der Waals surface area contributed by atoms with Gasteiger partial charge in [-0.3, -0.25) is 4.79 Å². The first-order chi connectivity index (χ1) is 15.7. The van der Waals surface area contributed by atoms with E-state index < -0.39 is 8.07 Å². The number of hydrogen-bond donors (Lipinski definition) is 1. The van der Waals surface area contributed by atoms with Crippen LogP contribution >= 0.6 is 11.6 Å². The molecule has 2 heterocycles. The Morgan fingerprint density at radius 3 is 2.55 bits per heavy atom. The van der Waals surface area contributed by atoms with E-state index in [4.69, 9.17) is 21.1 Å². The third-order valence-electron chi connectivity index (χ3n) is 5.90. The van der Waals surface area contributed by atoms with E-state index in [9.17, 15) is 4.79 Å². The number of carbonyl (C=O) groups is 1. The fourth-order valence-corrected chi connectivity index (χ4v) is 4.58. The van der Waals surface area contributed by atoms with Crippen molar-refractivity contribution in [1.82, 2.24) is 19.9 Å². The number of ether oxygens (including phenoxy) is 2. The second kappa shape index (κ2) is 9.83. The average Bonchev–Trinajstić information content (AvgIpc) is 3.11. The van der Waals surface area contributed by atoms with E-state index in [0.717, 1.165) is 41.8 Å². The van der Waals surface area contributed by atoms with Gasteiger partial charge < -0.3 is 19.4 Å². The van der Waals surface area contributed by atoms with Crippen LogP contribution in [0.15, 0.2) is 30.5 Å². The van der Waals surface area contributed by atoms with Gasteiger partial charge in [0.2, 0.25) is 11.2 Å². The van der Waals surface area contributed by atoms with Crippen LogP contribution in [0.25, 0.3) is 22.2 Å². The molecule has 1 aliphatic carbocycles. The summed E-state index contributed by atoms with van der Waals surface area (Å²) >= 11 is 6.29. The normalized spacial score (nSPS) is 14.3. The Labute approximate surface area is 200 Å². The van der Waals surface area contributed by atoms with E-state index in [1.54, 1.807) is 7.05 Å². The first-order valence-corrected chi connectivity index (χ1v) is 15.5. The molecule has 0 spiro atoms. The number of halogens is 1. The summed E-state index contributed by atoms with van der Waals surface area (Å²) in [6.45, 7) is 8.07. The molecule has 2 aromatic heterocycles. The predicted octanol–water partition coefficient (Wildman–Crippen LogP) is 5.35. The van der Waals surface area contributed by atoms with Crippen LogP contribution in [0, 0.1) is 0 Å². The number of fused-ring (bicyclic) bond motifs is 1. The minimum absolute atomic E-state index is 0.121. The summed E-state index contributed by atoms with van der Waals surface area (Å²) in [5, 5.41) is 3.62. The molecule has 0 unspecified atom stereocenters. The number of hydrogen-bond acceptors (Lipinski definition) is 5. The van der Waals surface area contributed by atoms with Crippen LogP contribution in [0.1, 0.15) is 29.6 Å². The number of nitrogens with zero attached hydrogens (tertiary/aromatic N) is 3. The van der Waals surface area contributed by atoms with Crippen molar-refractivity contribution >= 4 is 36.6 Å². The number of aromatic nitrogens is 3. The Bertz CT molecular complexity index is 1140. The zero-order valence-electron chi connectivity index (χ0n) is 19.7. The third kappa shape index (κ3) is 5.56. The SMILES string of the molecule is CNC(=O)c1ccc(-c2cn(COCC[Si](C)(C)C)c3nc(Cl)nc(OC4CCC4)c23)cc1. The number of rotatable bonds is 9. The molecule has 1 aliphatic rings. The third-order valence-corrected chi connectivity index (χ3v) is 7.77. The molecule has 1 amide bonds. The van der Waals surface area contributed by atoms with Crippen LogP contribution in [0.2, 0.25) is 31.0 Å². The van der Waals surface area contributed by atoms with Gasteiger partial charge in [-0.05, 0) is 54.6 Å². The van der Waals surface area contributed by atoms with Crippen LogP contribution in [0.5, 0.6) is 5.88 Å². The quantitative estimate of drug-likeness (QED) is 0.250. The van der Waals surface area contributed by atoms with Crippen LogP contribution in [-0.4, -0.2) is 48.3 Å². The summed E-state index contributed by atoms with van der Waals surface area (Å²) in [6.07, 6.45) is 5.34. The van der Waals surface area contributed by atoms with Gasteiger partial charge in [0.05, 0.1) is 5.39 Å². The minimum Gasteiger partial charge on any atom is -0.474 e. The van der Waals surface area contributed by atoms with E-state index in [-0.39, 0.29) is 17.3 Å². The van der Waals surface area contributed by atoms with Crippen LogP contribution < -0.4 is 10.1 Å². The van der Waals surface area contributed by atoms with E-state index in [2.05, 4.69) is 34.9 Å². The highest BCUT2D eigenvalue weighted by atomic mass is 35.5. The number of amides is 1. The van der Waals surface area contributed by atoms with Crippen molar-refractivity contribution < 1.29 is 14.3 Å². The van der Waals surface area contributed by atoms with E-state index in [1.165, 1.54) is 0 Å². The standard InChI is InChI=1S/C24H31ClN4O3Si/c1-26-22(30)17-10-8-16(9-11-17)19-14-29(15-31-12-13-33(2,3)4)21-20(19)23(28-24(25)27-21)32-18-6-5-7-18/h8-11,14,18H,5-7,12-13,15H2,1-4H3,(H,26,30). The molecule has 7 nitrogen and oxygen atoms in total. The van der Waals surface area contributed by atoms with Crippen molar-refractivity contribution in [2.75, 3.05) is 13.7 Å². The molecule has 4 rings (SSSR count). The van der Waals surface area contributed by atoms with Gasteiger partial charge in [-0.25, -0.2) is 0 Å². The Hall–Kier alpha value is -2.42. The molecule has 3 aromatic rings. The molecule has 0 bridgehead atoms. The molecule has 0 atom stereocenters. The summed E-state index contributed by atoms with van der Waals surface area (Å²) in [7, 11) is 0.440. The van der Waals surface area contributed by atoms with Gasteiger partial charge >= 0.3 is 0 Å². The second-order valence-corrected chi connectivity index (χ2v) is 15.6. The summed E-state index contributed by atoms with van der Waals surface area (Å²) in [6, 6.07) is 8.57. The van der Waals surface area contributed by atoms with Crippen molar-refractivity contribution in [2.45, 2.75) is 57.8 Å². The second-order valence-electron chi connectivity index (χ2n) is 9.68. The van der Waals surface area contributed by atoms with Gasteiger partial charge in [0.15, 0.2) is 5.65 Å². The van der Waals surface area contributed by atoms with Gasteiger partial charge in [0.25, 0.3) is 5.91 Å². The van der Waals surface area contributed by atoms with Crippen molar-refractivity contribution in [2.24, 2.45) is 0 Å². The van der Waals surface area contributed by atoms with Crippen molar-refractivity contribution in [3.63, 3.8) is 0 Å². The molecule has 1 N–H and O–H groups in total. The lowest BCUT2D eigenvalue weighted by Gasteiger charge is -2.26. The van der Waals surface area contributed by atoms with Crippen molar-refractivity contribution in [3.8, 4) is 17.0 Å². The Balaban J connectivity index is 1.72. The van der Waals surface area contributed by atoms with Gasteiger partial charge in [0, 0.05) is 39.1 Å². The molecule has 33 heavy (non-hydrogen) atoms. The zero-order chi connectivity index (χ0) is 23.6. The van der Waals surface area contributed by atoms with E-state index >= 15 is 0 Å². The number of benzene rings is 1. The lowest BCUT2D eigenvalue weighted by Crippen LogP contribution is -2.25. The summed E-state index contributed by atoms with van der Waals surface area (Å²) in [5.74, 6) is 0.379. The molecule has 9 heteroatoms. The summed E-state index contributed by atoms with van der Waals surface area (Å²) in [5.41, 5.74) is 3.15. The zero-order valence-corrected chi connectivity index (χ0v) is 21.4. The van der Waals surface area contributed by atoms with E-state index in [1.807, 2.05) is 35.0 Å². The molecule has 1 fully saturated rings. The van der Waals surface area contributed by atoms with Crippen LogP contribution in [0.3, 0.4) is 0 Å². The van der Waals surface area contributed by atoms with Gasteiger partial charge in [-0.15, -0.1) is 0 Å². The largest absolute Gasteiger partial charge is 0.474 e. The van der Waals surface area contributed by atoms with Gasteiger partial charge in [0.1, 0.15) is 12.8 Å². The molecule has 0 saturated heterocycles. The van der Waals surface area contributed by atoms with Gasteiger partial charge in [-0.2, -0.15) is 9.97 Å². The first kappa shape index (κ1) is 23.7. The van der Waals surface area contributed by atoms with Crippen molar-refractivity contribution in [3.05, 3.63) is 41.3 Å². The Kier molecular flexibility index (Phi) is 7.07. The Morgan fingerprint density at radius 1 is 1.21 bits per heavy atom. The predicted molar refractivity (Wildman–Crippen MR) is 134 cm³/mol. The maximum atomic E-state index is 12.0. The molecule has 0 radical (unpaired) electrons.